The zero-order valence-corrected chi connectivity index (χ0v) is 7.58. The summed E-state index contributed by atoms with van der Waals surface area (Å²) >= 11 is 4.55. The minimum absolute atomic E-state index is 0.117. The van der Waals surface area contributed by atoms with E-state index < -0.39 is 4.92 Å². The molecule has 0 amide bonds. The molecule has 1 aromatic rings. The Balaban J connectivity index is 2.90. The highest BCUT2D eigenvalue weighted by Gasteiger charge is 2.10. The molecule has 68 valence electrons. The van der Waals surface area contributed by atoms with Crippen molar-refractivity contribution in [1.82, 2.24) is 5.32 Å². The maximum absolute atomic E-state index is 10.5. The van der Waals surface area contributed by atoms with E-state index in [1.807, 2.05) is 0 Å². The van der Waals surface area contributed by atoms with Gasteiger partial charge in [0.25, 0.3) is 5.69 Å². The Morgan fingerprint density at radius 3 is 2.85 bits per heavy atom. The molecule has 0 unspecified atom stereocenters. The molecule has 1 aromatic carbocycles. The van der Waals surface area contributed by atoms with Crippen LogP contribution in [-0.4, -0.2) is 10.4 Å². The molecular formula is C8H8N2O2S. The Morgan fingerprint density at radius 2 is 2.23 bits per heavy atom. The van der Waals surface area contributed by atoms with Crippen molar-refractivity contribution in [2.24, 2.45) is 0 Å². The van der Waals surface area contributed by atoms with Gasteiger partial charge in [-0.15, -0.1) is 0 Å². The predicted octanol–water partition coefficient (Wildman–Crippen LogP) is 1.64. The van der Waals surface area contributed by atoms with E-state index in [0.717, 1.165) is 0 Å². The molecule has 0 saturated carbocycles. The number of nitro benzene ring substituents is 1. The van der Waals surface area contributed by atoms with Gasteiger partial charge in [-0.05, 0) is 0 Å². The maximum Gasteiger partial charge on any atom is 0.274 e. The highest BCUT2D eigenvalue weighted by atomic mass is 32.1. The summed E-state index contributed by atoms with van der Waals surface area (Å²) < 4.78 is 0. The second kappa shape index (κ2) is 4.51. The lowest BCUT2D eigenvalue weighted by atomic mass is 10.2. The third-order valence-corrected chi connectivity index (χ3v) is 1.73. The van der Waals surface area contributed by atoms with Crippen molar-refractivity contribution in [2.45, 2.75) is 6.54 Å². The van der Waals surface area contributed by atoms with Crippen LogP contribution in [0.2, 0.25) is 0 Å². The van der Waals surface area contributed by atoms with Gasteiger partial charge in [0.1, 0.15) is 0 Å². The van der Waals surface area contributed by atoms with Crippen molar-refractivity contribution in [3.63, 3.8) is 0 Å². The fourth-order valence-corrected chi connectivity index (χ4v) is 1.07. The SMILES string of the molecule is O=[N+]([O-])c1ccccc1CNC=S. The lowest BCUT2D eigenvalue weighted by Crippen LogP contribution is -2.10. The topological polar surface area (TPSA) is 55.2 Å². The van der Waals surface area contributed by atoms with Crippen LogP contribution >= 0.6 is 12.2 Å². The Kier molecular flexibility index (Phi) is 3.33. The van der Waals surface area contributed by atoms with Gasteiger partial charge >= 0.3 is 0 Å². The van der Waals surface area contributed by atoms with E-state index >= 15 is 0 Å². The van der Waals surface area contributed by atoms with Gasteiger partial charge < -0.3 is 5.32 Å². The van der Waals surface area contributed by atoms with Crippen LogP contribution in [0.25, 0.3) is 0 Å². The molecule has 0 aliphatic rings. The van der Waals surface area contributed by atoms with Crippen molar-refractivity contribution in [2.75, 3.05) is 0 Å². The number of para-hydroxylation sites is 1. The van der Waals surface area contributed by atoms with E-state index in [2.05, 4.69) is 17.5 Å². The van der Waals surface area contributed by atoms with Gasteiger partial charge in [-0.1, -0.05) is 30.4 Å². The molecule has 0 aliphatic carbocycles. The molecule has 4 nitrogen and oxygen atoms in total. The van der Waals surface area contributed by atoms with Crippen LogP contribution in [0.4, 0.5) is 5.69 Å². The normalized spacial score (nSPS) is 9.23. The van der Waals surface area contributed by atoms with Gasteiger partial charge in [0.2, 0.25) is 0 Å². The lowest BCUT2D eigenvalue weighted by Gasteiger charge is -2.00. The third-order valence-electron chi connectivity index (χ3n) is 1.56. The number of benzene rings is 1. The Labute approximate surface area is 80.7 Å². The molecule has 0 heterocycles. The number of hydrogen-bond donors (Lipinski definition) is 1. The van der Waals surface area contributed by atoms with Gasteiger partial charge in [-0.3, -0.25) is 10.1 Å². The molecule has 5 heteroatoms. The molecule has 0 saturated heterocycles. The van der Waals surface area contributed by atoms with Crippen molar-refractivity contribution in [3.05, 3.63) is 39.9 Å². The van der Waals surface area contributed by atoms with Gasteiger partial charge in [0.05, 0.1) is 10.4 Å². The second-order valence-electron chi connectivity index (χ2n) is 2.38. The van der Waals surface area contributed by atoms with E-state index in [0.29, 0.717) is 12.1 Å². The van der Waals surface area contributed by atoms with Crippen LogP contribution in [0.5, 0.6) is 0 Å². The minimum atomic E-state index is -0.402. The summed E-state index contributed by atoms with van der Waals surface area (Å²) in [6, 6.07) is 6.57. The standard InChI is InChI=1S/C8H8N2O2S/c11-10(12)8-4-2-1-3-7(8)5-9-6-13/h1-4,6H,5H2,(H,9,13). The number of thiocarbonyl (C=S) groups is 1. The summed E-state index contributed by atoms with van der Waals surface area (Å²) in [4.78, 5) is 10.1. The maximum atomic E-state index is 10.5. The number of hydrogen-bond acceptors (Lipinski definition) is 3. The van der Waals surface area contributed by atoms with Crippen LogP contribution in [-0.2, 0) is 6.54 Å². The molecule has 0 fully saturated rings. The van der Waals surface area contributed by atoms with E-state index in [1.54, 1.807) is 18.2 Å². The molecule has 0 spiro atoms. The van der Waals surface area contributed by atoms with Gasteiger partial charge in [-0.2, -0.15) is 0 Å². The van der Waals surface area contributed by atoms with Gasteiger partial charge in [0, 0.05) is 18.2 Å². The largest absolute Gasteiger partial charge is 0.378 e. The van der Waals surface area contributed by atoms with Gasteiger partial charge in [-0.25, -0.2) is 0 Å². The molecule has 0 atom stereocenters. The van der Waals surface area contributed by atoms with Crippen LogP contribution in [0.15, 0.2) is 24.3 Å². The first-order valence-electron chi connectivity index (χ1n) is 3.65. The molecule has 13 heavy (non-hydrogen) atoms. The molecule has 0 aromatic heterocycles. The predicted molar refractivity (Wildman–Crippen MR) is 53.6 cm³/mol. The number of nitrogens with one attached hydrogen (secondary N) is 1. The number of rotatable bonds is 4. The Hall–Kier alpha value is -1.49. The zero-order valence-electron chi connectivity index (χ0n) is 6.77. The fourth-order valence-electron chi connectivity index (χ4n) is 0.990. The first kappa shape index (κ1) is 9.60. The highest BCUT2D eigenvalue weighted by Crippen LogP contribution is 2.16. The number of nitro groups is 1. The molecule has 0 aliphatic heterocycles. The smallest absolute Gasteiger partial charge is 0.274 e. The molecule has 0 radical (unpaired) electrons. The van der Waals surface area contributed by atoms with E-state index in [1.165, 1.54) is 11.6 Å². The second-order valence-corrected chi connectivity index (χ2v) is 2.62. The van der Waals surface area contributed by atoms with Crippen LogP contribution in [0.3, 0.4) is 0 Å². The first-order chi connectivity index (χ1) is 6.25. The first-order valence-corrected chi connectivity index (χ1v) is 4.12. The summed E-state index contributed by atoms with van der Waals surface area (Å²) in [6.07, 6.45) is 0. The van der Waals surface area contributed by atoms with Crippen molar-refractivity contribution in [1.29, 1.82) is 0 Å². The average Bonchev–Trinajstić information content (AvgIpc) is 2.15. The molecular weight excluding hydrogens is 188 g/mol. The van der Waals surface area contributed by atoms with E-state index in [-0.39, 0.29) is 5.69 Å². The minimum Gasteiger partial charge on any atom is -0.378 e. The van der Waals surface area contributed by atoms with E-state index in [9.17, 15) is 10.1 Å². The quantitative estimate of drug-likeness (QED) is 0.452. The average molecular weight is 196 g/mol. The van der Waals surface area contributed by atoms with Crippen molar-refractivity contribution >= 4 is 23.4 Å². The molecule has 1 N–H and O–H groups in total. The van der Waals surface area contributed by atoms with E-state index in [4.69, 9.17) is 0 Å². The Morgan fingerprint density at radius 1 is 1.54 bits per heavy atom. The summed E-state index contributed by atoms with van der Waals surface area (Å²) in [5, 5.41) is 13.3. The molecule has 1 rings (SSSR count). The molecule has 0 bridgehead atoms. The fraction of sp³-hybridized carbons (Fsp3) is 0.125. The Bertz CT molecular complexity index is 328. The summed E-state index contributed by atoms with van der Waals surface area (Å²) in [5.41, 5.74) is 2.09. The van der Waals surface area contributed by atoms with Crippen LogP contribution < -0.4 is 5.32 Å². The van der Waals surface area contributed by atoms with Crippen molar-refractivity contribution < 1.29 is 4.92 Å². The number of nitrogens with zero attached hydrogens (tertiary/aromatic N) is 1. The third kappa shape index (κ3) is 2.48. The monoisotopic (exact) mass is 196 g/mol. The zero-order chi connectivity index (χ0) is 9.68. The highest BCUT2D eigenvalue weighted by molar-refractivity contribution is 7.78. The lowest BCUT2D eigenvalue weighted by molar-refractivity contribution is -0.385. The summed E-state index contributed by atoms with van der Waals surface area (Å²) in [7, 11) is 0. The summed E-state index contributed by atoms with van der Waals surface area (Å²) in [6.45, 7) is 0.390. The van der Waals surface area contributed by atoms with Crippen LogP contribution in [0.1, 0.15) is 5.56 Å². The summed E-state index contributed by atoms with van der Waals surface area (Å²) in [5.74, 6) is 0. The van der Waals surface area contributed by atoms with Crippen LogP contribution in [0, 0.1) is 10.1 Å². The van der Waals surface area contributed by atoms with Gasteiger partial charge in [0.15, 0.2) is 0 Å². The van der Waals surface area contributed by atoms with Crippen molar-refractivity contribution in [3.8, 4) is 0 Å².